The summed E-state index contributed by atoms with van der Waals surface area (Å²) >= 11 is 0. The Labute approximate surface area is 69.0 Å². The van der Waals surface area contributed by atoms with Gasteiger partial charge in [-0.1, -0.05) is 0 Å². The molecule has 72 valence electrons. The molecule has 2 unspecified atom stereocenters. The van der Waals surface area contributed by atoms with Crippen molar-refractivity contribution in [3.05, 3.63) is 0 Å². The smallest absolute Gasteiger partial charge is 0.471 e. The fourth-order valence-corrected chi connectivity index (χ4v) is 1.30. The van der Waals surface area contributed by atoms with Gasteiger partial charge in [-0.05, 0) is 6.92 Å². The summed E-state index contributed by atoms with van der Waals surface area (Å²) in [6.07, 6.45) is -0.744. The summed E-state index contributed by atoms with van der Waals surface area (Å²) < 4.78 is 45.4. The first-order valence-corrected chi connectivity index (χ1v) is 4.15. The normalized spacial score (nSPS) is 17.0. The fourth-order valence-electron chi connectivity index (χ4n) is 0.550. The number of carbonyl (C=O) groups is 1. The summed E-state index contributed by atoms with van der Waals surface area (Å²) in [5.41, 5.74) is -4.82. The molecule has 12 heavy (non-hydrogen) atoms. The Morgan fingerprint density at radius 1 is 1.58 bits per heavy atom. The van der Waals surface area contributed by atoms with Gasteiger partial charge in [-0.15, -0.1) is 0 Å². The standard InChI is InChI=1S/C5H7F3O3S/c1-3(2-4(9)10)12(11)5(6,7)8/h3H,2H2,1H3,(H,9,10). The van der Waals surface area contributed by atoms with E-state index in [1.165, 1.54) is 0 Å². The number of hydrogen-bond acceptors (Lipinski definition) is 2. The van der Waals surface area contributed by atoms with Crippen molar-refractivity contribution in [3.8, 4) is 0 Å². The molecule has 0 rings (SSSR count). The van der Waals surface area contributed by atoms with E-state index in [0.29, 0.717) is 0 Å². The second-order valence-corrected chi connectivity index (χ2v) is 4.01. The van der Waals surface area contributed by atoms with Crippen LogP contribution >= 0.6 is 0 Å². The van der Waals surface area contributed by atoms with Crippen molar-refractivity contribution in [2.75, 3.05) is 0 Å². The predicted molar refractivity (Wildman–Crippen MR) is 35.9 cm³/mol. The van der Waals surface area contributed by atoms with Crippen molar-refractivity contribution in [2.24, 2.45) is 0 Å². The van der Waals surface area contributed by atoms with Crippen LogP contribution in [0.15, 0.2) is 0 Å². The van der Waals surface area contributed by atoms with Crippen molar-refractivity contribution in [1.29, 1.82) is 0 Å². The van der Waals surface area contributed by atoms with Crippen molar-refractivity contribution in [3.63, 3.8) is 0 Å². The van der Waals surface area contributed by atoms with Crippen LogP contribution in [-0.4, -0.2) is 26.0 Å². The van der Waals surface area contributed by atoms with Crippen molar-refractivity contribution in [2.45, 2.75) is 24.1 Å². The van der Waals surface area contributed by atoms with Gasteiger partial charge in [0.25, 0.3) is 0 Å². The van der Waals surface area contributed by atoms with Gasteiger partial charge in [-0.3, -0.25) is 9.00 Å². The van der Waals surface area contributed by atoms with Gasteiger partial charge in [0.1, 0.15) is 10.8 Å². The van der Waals surface area contributed by atoms with Gasteiger partial charge in [-0.25, -0.2) is 0 Å². The molecule has 7 heteroatoms. The lowest BCUT2D eigenvalue weighted by atomic mass is 10.3. The summed E-state index contributed by atoms with van der Waals surface area (Å²) in [6.45, 7) is 0.984. The number of carboxylic acids is 1. The molecular formula is C5H7F3O3S. The van der Waals surface area contributed by atoms with Crippen LogP contribution in [0.25, 0.3) is 0 Å². The van der Waals surface area contributed by atoms with E-state index in [9.17, 15) is 22.2 Å². The molecule has 0 aliphatic carbocycles. The SMILES string of the molecule is CC(CC(=O)O)S(=O)C(F)(F)F. The monoisotopic (exact) mass is 204 g/mol. The molecule has 0 aliphatic heterocycles. The molecule has 0 bridgehead atoms. The third kappa shape index (κ3) is 3.70. The Morgan fingerprint density at radius 2 is 2.00 bits per heavy atom. The average molecular weight is 204 g/mol. The summed E-state index contributed by atoms with van der Waals surface area (Å²) in [7, 11) is -3.08. The van der Waals surface area contributed by atoms with E-state index in [1.54, 1.807) is 0 Å². The van der Waals surface area contributed by atoms with E-state index in [4.69, 9.17) is 5.11 Å². The maximum atomic E-state index is 11.7. The van der Waals surface area contributed by atoms with Gasteiger partial charge in [-0.2, -0.15) is 13.2 Å². The molecule has 0 aromatic heterocycles. The molecule has 0 aromatic rings. The van der Waals surface area contributed by atoms with Gasteiger partial charge in [0.2, 0.25) is 0 Å². The van der Waals surface area contributed by atoms with E-state index in [1.807, 2.05) is 0 Å². The maximum Gasteiger partial charge on any atom is 0.471 e. The number of aliphatic carboxylic acids is 1. The zero-order valence-electron chi connectivity index (χ0n) is 6.09. The minimum Gasteiger partial charge on any atom is -0.481 e. The minimum absolute atomic E-state index is 0.744. The van der Waals surface area contributed by atoms with Crippen LogP contribution in [0.4, 0.5) is 13.2 Å². The molecule has 2 atom stereocenters. The van der Waals surface area contributed by atoms with Gasteiger partial charge >= 0.3 is 11.5 Å². The quantitative estimate of drug-likeness (QED) is 0.749. The number of carboxylic acid groups (broad SMARTS) is 1. The fraction of sp³-hybridized carbons (Fsp3) is 0.800. The van der Waals surface area contributed by atoms with Gasteiger partial charge in [0.15, 0.2) is 0 Å². The number of hydrogen-bond donors (Lipinski definition) is 1. The molecule has 0 amide bonds. The van der Waals surface area contributed by atoms with Crippen LogP contribution in [0.1, 0.15) is 13.3 Å². The highest BCUT2D eigenvalue weighted by Gasteiger charge is 2.40. The number of halogens is 3. The minimum atomic E-state index is -4.82. The van der Waals surface area contributed by atoms with Gasteiger partial charge in [0, 0.05) is 0 Å². The van der Waals surface area contributed by atoms with E-state index in [2.05, 4.69) is 0 Å². The Morgan fingerprint density at radius 3 is 2.25 bits per heavy atom. The number of alkyl halides is 3. The molecule has 0 aliphatic rings. The highest BCUT2D eigenvalue weighted by Crippen LogP contribution is 2.24. The Bertz CT molecular complexity index is 201. The molecule has 0 saturated heterocycles. The van der Waals surface area contributed by atoms with E-state index < -0.39 is 33.9 Å². The van der Waals surface area contributed by atoms with Crippen molar-refractivity contribution in [1.82, 2.24) is 0 Å². The largest absolute Gasteiger partial charge is 0.481 e. The predicted octanol–water partition coefficient (Wildman–Crippen LogP) is 1.12. The summed E-state index contributed by atoms with van der Waals surface area (Å²) in [4.78, 5) is 9.94. The summed E-state index contributed by atoms with van der Waals surface area (Å²) in [5, 5.41) is 6.70. The lowest BCUT2D eigenvalue weighted by Crippen LogP contribution is -2.27. The Hall–Kier alpha value is -0.590. The molecular weight excluding hydrogens is 197 g/mol. The molecule has 0 saturated carbocycles. The molecule has 3 nitrogen and oxygen atoms in total. The molecule has 0 heterocycles. The average Bonchev–Trinajstić information content (AvgIpc) is 1.82. The van der Waals surface area contributed by atoms with Crippen molar-refractivity contribution >= 4 is 16.8 Å². The van der Waals surface area contributed by atoms with Crippen LogP contribution in [-0.2, 0) is 15.6 Å². The van der Waals surface area contributed by atoms with Gasteiger partial charge < -0.3 is 5.11 Å². The van der Waals surface area contributed by atoms with Crippen LogP contribution in [0.2, 0.25) is 0 Å². The van der Waals surface area contributed by atoms with E-state index in [0.717, 1.165) is 6.92 Å². The van der Waals surface area contributed by atoms with Crippen LogP contribution in [0, 0.1) is 0 Å². The van der Waals surface area contributed by atoms with E-state index in [-0.39, 0.29) is 0 Å². The summed E-state index contributed by atoms with van der Waals surface area (Å²) in [5.74, 6) is -1.39. The third-order valence-corrected chi connectivity index (χ3v) is 2.41. The highest BCUT2D eigenvalue weighted by atomic mass is 32.2. The first-order chi connectivity index (χ1) is 5.25. The molecule has 0 radical (unpaired) electrons. The first kappa shape index (κ1) is 11.4. The topological polar surface area (TPSA) is 54.4 Å². The second kappa shape index (κ2) is 3.88. The highest BCUT2D eigenvalue weighted by molar-refractivity contribution is 7.86. The van der Waals surface area contributed by atoms with Crippen LogP contribution in [0.5, 0.6) is 0 Å². The number of rotatable bonds is 3. The maximum absolute atomic E-state index is 11.7. The van der Waals surface area contributed by atoms with E-state index >= 15 is 0 Å². The zero-order chi connectivity index (χ0) is 9.94. The molecule has 0 fully saturated rings. The van der Waals surface area contributed by atoms with Crippen LogP contribution < -0.4 is 0 Å². The lowest BCUT2D eigenvalue weighted by molar-refractivity contribution is -0.136. The van der Waals surface area contributed by atoms with Crippen molar-refractivity contribution < 1.29 is 27.3 Å². The molecule has 1 N–H and O–H groups in total. The Kier molecular flexibility index (Phi) is 3.69. The lowest BCUT2D eigenvalue weighted by Gasteiger charge is -2.10. The second-order valence-electron chi connectivity index (χ2n) is 2.15. The first-order valence-electron chi connectivity index (χ1n) is 2.94. The molecule has 0 spiro atoms. The van der Waals surface area contributed by atoms with Crippen LogP contribution in [0.3, 0.4) is 0 Å². The Balaban J connectivity index is 4.21. The van der Waals surface area contributed by atoms with Gasteiger partial charge in [0.05, 0.1) is 11.7 Å². The summed E-state index contributed by atoms with van der Waals surface area (Å²) in [6, 6.07) is 0. The molecule has 0 aromatic carbocycles. The third-order valence-electron chi connectivity index (χ3n) is 1.06. The zero-order valence-corrected chi connectivity index (χ0v) is 6.91.